The lowest BCUT2D eigenvalue weighted by atomic mass is 10.4. The molecule has 5 heteroatoms. The molecule has 0 unspecified atom stereocenters. The van der Waals surface area contributed by atoms with E-state index in [-0.39, 0.29) is 5.69 Å². The van der Waals surface area contributed by atoms with E-state index < -0.39 is 0 Å². The Hall–Kier alpha value is -1.36. The van der Waals surface area contributed by atoms with Gasteiger partial charge < -0.3 is 0 Å². The molecule has 0 radical (unpaired) electrons. The lowest BCUT2D eigenvalue weighted by Gasteiger charge is -1.84. The van der Waals surface area contributed by atoms with Crippen molar-refractivity contribution in [2.24, 2.45) is 7.05 Å². The first kappa shape index (κ1) is 7.30. The summed E-state index contributed by atoms with van der Waals surface area (Å²) < 4.78 is 1.29. The van der Waals surface area contributed by atoms with Crippen LogP contribution in [0.15, 0.2) is 22.3 Å². The summed E-state index contributed by atoms with van der Waals surface area (Å²) in [5.74, 6) is 0.637. The lowest BCUT2D eigenvalue weighted by Crippen LogP contribution is -2.13. The number of thiophene rings is 1. The normalized spacial score (nSPS) is 10.4. The second-order valence-corrected chi connectivity index (χ2v) is 3.33. The maximum Gasteiger partial charge on any atom is 0.343 e. The van der Waals surface area contributed by atoms with E-state index in [1.165, 1.54) is 4.68 Å². The maximum atomic E-state index is 11.0. The van der Waals surface area contributed by atoms with E-state index in [1.807, 2.05) is 17.5 Å². The minimum absolute atomic E-state index is 0.182. The SMILES string of the molecule is Cn1nc(-c2cccs2)[nH]c1=O. The average Bonchev–Trinajstić information content (AvgIpc) is 2.61. The maximum absolute atomic E-state index is 11.0. The van der Waals surface area contributed by atoms with Crippen LogP contribution in [0.5, 0.6) is 0 Å². The topological polar surface area (TPSA) is 50.7 Å². The molecular weight excluding hydrogens is 174 g/mol. The molecule has 2 rings (SSSR count). The summed E-state index contributed by atoms with van der Waals surface area (Å²) in [7, 11) is 1.62. The van der Waals surface area contributed by atoms with E-state index in [9.17, 15) is 4.79 Å². The van der Waals surface area contributed by atoms with Crippen LogP contribution in [0.25, 0.3) is 10.7 Å². The van der Waals surface area contributed by atoms with Crippen molar-refractivity contribution < 1.29 is 0 Å². The van der Waals surface area contributed by atoms with Crippen molar-refractivity contribution in [3.63, 3.8) is 0 Å². The van der Waals surface area contributed by atoms with Gasteiger partial charge in [0.05, 0.1) is 4.88 Å². The minimum Gasteiger partial charge on any atom is -0.288 e. The Morgan fingerprint density at radius 1 is 1.67 bits per heavy atom. The van der Waals surface area contributed by atoms with Crippen LogP contribution in [0.1, 0.15) is 0 Å². The molecule has 0 saturated heterocycles. The highest BCUT2D eigenvalue weighted by atomic mass is 32.1. The number of hydrogen-bond donors (Lipinski definition) is 1. The van der Waals surface area contributed by atoms with E-state index in [4.69, 9.17) is 0 Å². The van der Waals surface area contributed by atoms with Gasteiger partial charge in [0.15, 0.2) is 5.82 Å². The van der Waals surface area contributed by atoms with Crippen LogP contribution in [0, 0.1) is 0 Å². The second kappa shape index (κ2) is 2.60. The summed E-state index contributed by atoms with van der Waals surface area (Å²) in [4.78, 5) is 14.6. The summed E-state index contributed by atoms with van der Waals surface area (Å²) in [6.45, 7) is 0. The van der Waals surface area contributed by atoms with Crippen molar-refractivity contribution in [1.82, 2.24) is 14.8 Å². The molecule has 0 aliphatic rings. The molecule has 0 atom stereocenters. The van der Waals surface area contributed by atoms with E-state index >= 15 is 0 Å². The molecule has 0 amide bonds. The van der Waals surface area contributed by atoms with Gasteiger partial charge in [-0.2, -0.15) is 0 Å². The first-order valence-corrected chi connectivity index (χ1v) is 4.32. The predicted octanol–water partition coefficient (Wildman–Crippen LogP) is 0.837. The van der Waals surface area contributed by atoms with Gasteiger partial charge in [0.1, 0.15) is 0 Å². The summed E-state index contributed by atoms with van der Waals surface area (Å²) in [6, 6.07) is 3.84. The van der Waals surface area contributed by atoms with E-state index in [0.29, 0.717) is 5.82 Å². The number of nitrogens with one attached hydrogen (secondary N) is 1. The van der Waals surface area contributed by atoms with E-state index in [1.54, 1.807) is 18.4 Å². The van der Waals surface area contributed by atoms with Crippen LogP contribution in [-0.2, 0) is 7.05 Å². The first-order valence-electron chi connectivity index (χ1n) is 3.44. The van der Waals surface area contributed by atoms with Crippen LogP contribution in [0.3, 0.4) is 0 Å². The third-order valence-corrected chi connectivity index (χ3v) is 2.40. The fourth-order valence-corrected chi connectivity index (χ4v) is 1.59. The molecular formula is C7H7N3OS. The molecule has 0 fully saturated rings. The molecule has 0 aliphatic carbocycles. The highest BCUT2D eigenvalue weighted by molar-refractivity contribution is 7.13. The van der Waals surface area contributed by atoms with Gasteiger partial charge in [-0.25, -0.2) is 9.48 Å². The van der Waals surface area contributed by atoms with Gasteiger partial charge in [-0.05, 0) is 11.4 Å². The number of H-pyrrole nitrogens is 1. The van der Waals surface area contributed by atoms with Crippen molar-refractivity contribution in [2.75, 3.05) is 0 Å². The highest BCUT2D eigenvalue weighted by Gasteiger charge is 2.03. The van der Waals surface area contributed by atoms with Crippen LogP contribution in [0.2, 0.25) is 0 Å². The molecule has 2 heterocycles. The molecule has 12 heavy (non-hydrogen) atoms. The molecule has 0 aliphatic heterocycles. The molecule has 2 aromatic rings. The van der Waals surface area contributed by atoms with Gasteiger partial charge >= 0.3 is 5.69 Å². The quantitative estimate of drug-likeness (QED) is 0.708. The standard InChI is InChI=1S/C7H7N3OS/c1-10-7(11)8-6(9-10)5-3-2-4-12-5/h2-4H,1H3,(H,8,9,11). The van der Waals surface area contributed by atoms with E-state index in [0.717, 1.165) is 4.88 Å². The smallest absolute Gasteiger partial charge is 0.288 e. The summed E-state index contributed by atoms with van der Waals surface area (Å²) >= 11 is 1.55. The van der Waals surface area contributed by atoms with Gasteiger partial charge in [-0.1, -0.05) is 6.07 Å². The zero-order valence-corrected chi connectivity index (χ0v) is 7.26. The van der Waals surface area contributed by atoms with Crippen molar-refractivity contribution in [1.29, 1.82) is 0 Å². The van der Waals surface area contributed by atoms with Gasteiger partial charge in [0, 0.05) is 7.05 Å². The third-order valence-electron chi connectivity index (χ3n) is 1.52. The Kier molecular flexibility index (Phi) is 1.58. The molecule has 2 aromatic heterocycles. The Bertz CT molecular complexity index is 426. The number of aryl methyl sites for hydroxylation is 1. The van der Waals surface area contributed by atoms with Gasteiger partial charge in [-0.15, -0.1) is 16.4 Å². The zero-order chi connectivity index (χ0) is 8.55. The monoisotopic (exact) mass is 181 g/mol. The van der Waals surface area contributed by atoms with Gasteiger partial charge in [0.25, 0.3) is 0 Å². The van der Waals surface area contributed by atoms with Crippen LogP contribution >= 0.6 is 11.3 Å². The van der Waals surface area contributed by atoms with Crippen molar-refractivity contribution in [3.05, 3.63) is 28.0 Å². The molecule has 0 aromatic carbocycles. The Morgan fingerprint density at radius 3 is 3.00 bits per heavy atom. The zero-order valence-electron chi connectivity index (χ0n) is 6.44. The molecule has 0 spiro atoms. The first-order chi connectivity index (χ1) is 5.77. The van der Waals surface area contributed by atoms with Gasteiger partial charge in [-0.3, -0.25) is 4.98 Å². The fraction of sp³-hybridized carbons (Fsp3) is 0.143. The molecule has 1 N–H and O–H groups in total. The minimum atomic E-state index is -0.182. The Labute approximate surface area is 72.5 Å². The summed E-state index contributed by atoms with van der Waals surface area (Å²) in [6.07, 6.45) is 0. The number of aromatic nitrogens is 3. The molecule has 4 nitrogen and oxygen atoms in total. The predicted molar refractivity (Wildman–Crippen MR) is 47.1 cm³/mol. The van der Waals surface area contributed by atoms with Gasteiger partial charge in [0.2, 0.25) is 0 Å². The summed E-state index contributed by atoms with van der Waals surface area (Å²) in [5, 5.41) is 5.96. The summed E-state index contributed by atoms with van der Waals surface area (Å²) in [5.41, 5.74) is -0.182. The third kappa shape index (κ3) is 1.08. The van der Waals surface area contributed by atoms with Crippen LogP contribution in [-0.4, -0.2) is 14.8 Å². The number of aromatic amines is 1. The Morgan fingerprint density at radius 2 is 2.50 bits per heavy atom. The van der Waals surface area contributed by atoms with Crippen molar-refractivity contribution >= 4 is 11.3 Å². The lowest BCUT2D eigenvalue weighted by molar-refractivity contribution is 0.736. The average molecular weight is 181 g/mol. The van der Waals surface area contributed by atoms with Crippen molar-refractivity contribution in [3.8, 4) is 10.7 Å². The van der Waals surface area contributed by atoms with Crippen molar-refractivity contribution in [2.45, 2.75) is 0 Å². The highest BCUT2D eigenvalue weighted by Crippen LogP contribution is 2.18. The number of nitrogens with zero attached hydrogens (tertiary/aromatic N) is 2. The fourth-order valence-electron chi connectivity index (χ4n) is 0.927. The van der Waals surface area contributed by atoms with Crippen LogP contribution < -0.4 is 5.69 Å². The number of hydrogen-bond acceptors (Lipinski definition) is 3. The molecule has 0 bridgehead atoms. The second-order valence-electron chi connectivity index (χ2n) is 2.38. The largest absolute Gasteiger partial charge is 0.343 e. The van der Waals surface area contributed by atoms with Crippen LogP contribution in [0.4, 0.5) is 0 Å². The Balaban J connectivity index is 2.56. The number of rotatable bonds is 1. The molecule has 0 saturated carbocycles. The van der Waals surface area contributed by atoms with E-state index in [2.05, 4.69) is 10.1 Å². The molecule has 62 valence electrons.